The molecule has 0 bridgehead atoms. The highest BCUT2D eigenvalue weighted by Crippen LogP contribution is 2.50. The van der Waals surface area contributed by atoms with E-state index >= 15 is 0 Å². The van der Waals surface area contributed by atoms with Crippen LogP contribution < -0.4 is 10.6 Å². The molecule has 0 amide bonds. The van der Waals surface area contributed by atoms with E-state index in [1.54, 1.807) is 30.3 Å². The molecule has 0 unspecified atom stereocenters. The molecule has 6 nitrogen and oxygen atoms in total. The Bertz CT molecular complexity index is 745. The molecule has 0 heterocycles. The third kappa shape index (κ3) is 3.23. The largest absolute Gasteiger partial charge is 0.362 e. The van der Waals surface area contributed by atoms with Crippen LogP contribution in [-0.4, -0.2) is 24.0 Å². The molecule has 0 aliphatic heterocycles. The van der Waals surface area contributed by atoms with Crippen molar-refractivity contribution < 1.29 is 28.0 Å². The Balaban J connectivity index is 2.87. The molecule has 0 spiro atoms. The predicted molar refractivity (Wildman–Crippen MR) is 84.8 cm³/mol. The first-order valence-electron chi connectivity index (χ1n) is 6.30. The monoisotopic (exact) mass is 342 g/mol. The van der Waals surface area contributed by atoms with Gasteiger partial charge in [0, 0.05) is 14.2 Å². The van der Waals surface area contributed by atoms with E-state index < -0.39 is 15.2 Å². The summed E-state index contributed by atoms with van der Waals surface area (Å²) < 4.78 is 34.5. The zero-order valence-corrected chi connectivity index (χ0v) is 13.8. The molecule has 0 fully saturated rings. The van der Waals surface area contributed by atoms with Gasteiger partial charge in [0.15, 0.2) is 0 Å². The van der Waals surface area contributed by atoms with Crippen molar-refractivity contribution in [3.63, 3.8) is 0 Å². The summed E-state index contributed by atoms with van der Waals surface area (Å²) in [6.45, 7) is 0. The fraction of sp³-hybridized carbons (Fsp3) is 0.143. The normalized spacial score (nSPS) is 12.4. The Labute approximate surface area is 128 Å². The molecule has 8 heteroatoms. The van der Waals surface area contributed by atoms with Crippen molar-refractivity contribution in [3.05, 3.63) is 48.5 Å². The van der Waals surface area contributed by atoms with Crippen LogP contribution in [0.2, 0.25) is 0 Å². The molecule has 0 atom stereocenters. The predicted octanol–water partition coefficient (Wildman–Crippen LogP) is 2.27. The molecule has 22 heavy (non-hydrogen) atoms. The lowest BCUT2D eigenvalue weighted by Crippen LogP contribution is -2.28. The average Bonchev–Trinajstić information content (AvgIpc) is 2.53. The summed E-state index contributed by atoms with van der Waals surface area (Å²) in [4.78, 5) is 19.1. The Morgan fingerprint density at radius 2 is 1.45 bits per heavy atom. The van der Waals surface area contributed by atoms with Crippen LogP contribution in [0, 0.1) is 0 Å². The lowest BCUT2D eigenvalue weighted by atomic mass is 10.1. The van der Waals surface area contributed by atoms with E-state index in [0.717, 1.165) is 0 Å². The van der Waals surface area contributed by atoms with Gasteiger partial charge in [-0.3, -0.25) is 9.13 Å². The topological polar surface area (TPSA) is 93.1 Å². The minimum Gasteiger partial charge on any atom is -0.321 e. The molecule has 0 saturated heterocycles. The van der Waals surface area contributed by atoms with Crippen LogP contribution in [0.15, 0.2) is 48.5 Å². The Hall–Kier alpha value is -1.26. The molecular weight excluding hydrogens is 326 g/mol. The van der Waals surface area contributed by atoms with Crippen molar-refractivity contribution in [2.24, 2.45) is 0 Å². The summed E-state index contributed by atoms with van der Waals surface area (Å²) in [5.74, 6) is 0. The minimum atomic E-state index is -4.66. The molecule has 0 aliphatic rings. The summed E-state index contributed by atoms with van der Waals surface area (Å²) in [6, 6.07) is 13.2. The quantitative estimate of drug-likeness (QED) is 0.810. The van der Waals surface area contributed by atoms with E-state index in [-0.39, 0.29) is 10.6 Å². The maximum Gasteiger partial charge on any atom is 0.362 e. The van der Waals surface area contributed by atoms with Gasteiger partial charge in [0.1, 0.15) is 0 Å². The van der Waals surface area contributed by atoms with Gasteiger partial charge >= 0.3 is 15.2 Å². The van der Waals surface area contributed by atoms with Crippen LogP contribution in [0.4, 0.5) is 0 Å². The van der Waals surface area contributed by atoms with Crippen molar-refractivity contribution in [2.75, 3.05) is 14.2 Å². The number of hydrogen-bond donors (Lipinski definition) is 2. The van der Waals surface area contributed by atoms with Gasteiger partial charge in [-0.2, -0.15) is 0 Å². The van der Waals surface area contributed by atoms with Gasteiger partial charge in [-0.05, 0) is 17.2 Å². The highest BCUT2D eigenvalue weighted by Gasteiger charge is 2.36. The fourth-order valence-corrected chi connectivity index (χ4v) is 4.96. The summed E-state index contributed by atoms with van der Waals surface area (Å²) >= 11 is 0. The standard InChI is InChI=1S/C14H16O6P2/c1-19-22(18,20-2)14-12(11-7-4-3-5-8-11)9-6-10-13(14)21(15,16)17/h3-10H,1-2H3,(H2,15,16,17). The second-order valence-electron chi connectivity index (χ2n) is 4.45. The van der Waals surface area contributed by atoms with Gasteiger partial charge < -0.3 is 18.8 Å². The second-order valence-corrected chi connectivity index (χ2v) is 8.19. The smallest absolute Gasteiger partial charge is 0.321 e. The van der Waals surface area contributed by atoms with Crippen LogP contribution in [-0.2, 0) is 18.2 Å². The first-order valence-corrected chi connectivity index (χ1v) is 9.45. The van der Waals surface area contributed by atoms with Crippen molar-refractivity contribution in [1.29, 1.82) is 0 Å². The molecule has 0 radical (unpaired) electrons. The van der Waals surface area contributed by atoms with Crippen LogP contribution in [0.1, 0.15) is 0 Å². The third-order valence-corrected chi connectivity index (χ3v) is 6.34. The molecule has 2 rings (SSSR count). The van der Waals surface area contributed by atoms with E-state index in [1.807, 2.05) is 6.07 Å². The van der Waals surface area contributed by atoms with Crippen molar-refractivity contribution in [2.45, 2.75) is 0 Å². The Kier molecular flexibility index (Phi) is 5.03. The molecule has 0 aromatic heterocycles. The van der Waals surface area contributed by atoms with Crippen LogP contribution in [0.3, 0.4) is 0 Å². The average molecular weight is 342 g/mol. The fourth-order valence-electron chi connectivity index (χ4n) is 2.16. The third-order valence-electron chi connectivity index (χ3n) is 3.17. The van der Waals surface area contributed by atoms with Gasteiger partial charge in [0.25, 0.3) is 0 Å². The summed E-state index contributed by atoms with van der Waals surface area (Å²) in [7, 11) is -6.17. The van der Waals surface area contributed by atoms with Crippen LogP contribution >= 0.6 is 15.2 Å². The SMILES string of the molecule is COP(=O)(OC)c1c(-c2ccccc2)cccc1P(=O)(O)O. The molecule has 118 valence electrons. The lowest BCUT2D eigenvalue weighted by Gasteiger charge is -2.21. The van der Waals surface area contributed by atoms with Crippen LogP contribution in [0.25, 0.3) is 11.1 Å². The maximum absolute atomic E-state index is 12.8. The number of hydrogen-bond acceptors (Lipinski definition) is 4. The zero-order valence-electron chi connectivity index (χ0n) is 12.0. The molecule has 2 aromatic rings. The lowest BCUT2D eigenvalue weighted by molar-refractivity contribution is 0.287. The van der Waals surface area contributed by atoms with Gasteiger partial charge in [0.05, 0.1) is 10.6 Å². The van der Waals surface area contributed by atoms with E-state index in [1.165, 1.54) is 26.4 Å². The summed E-state index contributed by atoms with van der Waals surface area (Å²) in [5, 5.41) is -0.472. The zero-order chi connectivity index (χ0) is 16.4. The molecule has 2 N–H and O–H groups in total. The molecule has 2 aromatic carbocycles. The van der Waals surface area contributed by atoms with Crippen molar-refractivity contribution in [1.82, 2.24) is 0 Å². The molecular formula is C14H16O6P2. The molecule has 0 saturated carbocycles. The van der Waals surface area contributed by atoms with E-state index in [4.69, 9.17) is 9.05 Å². The summed E-state index contributed by atoms with van der Waals surface area (Å²) in [6.07, 6.45) is 0. The van der Waals surface area contributed by atoms with Crippen molar-refractivity contribution >= 4 is 25.8 Å². The summed E-state index contributed by atoms with van der Waals surface area (Å²) in [5.41, 5.74) is 1.05. The first kappa shape index (κ1) is 17.1. The number of rotatable bonds is 5. The van der Waals surface area contributed by atoms with Gasteiger partial charge in [-0.15, -0.1) is 0 Å². The second kappa shape index (κ2) is 6.47. The Morgan fingerprint density at radius 3 is 1.95 bits per heavy atom. The highest BCUT2D eigenvalue weighted by atomic mass is 31.2. The van der Waals surface area contributed by atoms with Gasteiger partial charge in [-0.25, -0.2) is 0 Å². The first-order chi connectivity index (χ1) is 10.3. The Morgan fingerprint density at radius 1 is 0.864 bits per heavy atom. The highest BCUT2D eigenvalue weighted by molar-refractivity contribution is 7.68. The van der Waals surface area contributed by atoms with Crippen LogP contribution in [0.5, 0.6) is 0 Å². The minimum absolute atomic E-state index is 0.112. The van der Waals surface area contributed by atoms with E-state index in [0.29, 0.717) is 11.1 Å². The molecule has 0 aliphatic carbocycles. The van der Waals surface area contributed by atoms with Gasteiger partial charge in [0.2, 0.25) is 0 Å². The number of benzene rings is 2. The maximum atomic E-state index is 12.8. The van der Waals surface area contributed by atoms with E-state index in [2.05, 4.69) is 0 Å². The van der Waals surface area contributed by atoms with E-state index in [9.17, 15) is 18.9 Å². The van der Waals surface area contributed by atoms with Gasteiger partial charge in [-0.1, -0.05) is 42.5 Å². The van der Waals surface area contributed by atoms with Crippen molar-refractivity contribution in [3.8, 4) is 11.1 Å².